The van der Waals surface area contributed by atoms with Gasteiger partial charge < -0.3 is 14.2 Å². The molecule has 122 valence electrons. The molecule has 2 aromatic rings. The molecule has 1 aromatic carbocycles. The topological polar surface area (TPSA) is 73.7 Å². The first-order valence-electron chi connectivity index (χ1n) is 7.28. The summed E-state index contributed by atoms with van der Waals surface area (Å²) in [5.74, 6) is 2.01. The third-order valence-corrected chi connectivity index (χ3v) is 3.89. The van der Waals surface area contributed by atoms with Gasteiger partial charge in [0.25, 0.3) is 0 Å². The first-order valence-corrected chi connectivity index (χ1v) is 7.69. The minimum absolute atomic E-state index is 0.0643. The van der Waals surface area contributed by atoms with Gasteiger partial charge in [-0.1, -0.05) is 0 Å². The summed E-state index contributed by atoms with van der Waals surface area (Å²) in [6, 6.07) is 5.56. The van der Waals surface area contributed by atoms with Crippen LogP contribution in [0, 0.1) is 4.77 Å². The zero-order valence-electron chi connectivity index (χ0n) is 13.0. The number of hydrogen-bond donors (Lipinski definition) is 1. The normalized spacial score (nSPS) is 17.7. The molecule has 3 rings (SSSR count). The van der Waals surface area contributed by atoms with Crippen LogP contribution in [0.3, 0.4) is 0 Å². The van der Waals surface area contributed by atoms with Crippen molar-refractivity contribution in [2.75, 3.05) is 20.8 Å². The molecular weight excluding hydrogens is 316 g/mol. The van der Waals surface area contributed by atoms with Crippen LogP contribution in [0.5, 0.6) is 11.5 Å². The van der Waals surface area contributed by atoms with Crippen LogP contribution in [0.2, 0.25) is 0 Å². The number of ether oxygens (including phenoxy) is 3. The summed E-state index contributed by atoms with van der Waals surface area (Å²) in [5, 5.41) is 11.4. The minimum atomic E-state index is -0.0643. The number of methoxy groups -OCH3 is 2. The highest BCUT2D eigenvalue weighted by atomic mass is 32.1. The van der Waals surface area contributed by atoms with Gasteiger partial charge in [-0.15, -0.1) is 0 Å². The lowest BCUT2D eigenvalue weighted by molar-refractivity contribution is 0.102. The Bertz CT molecular complexity index is 762. The monoisotopic (exact) mass is 334 g/mol. The molecule has 0 spiro atoms. The quantitative estimate of drug-likeness (QED) is 0.672. The smallest absolute Gasteiger partial charge is 0.216 e. The number of aromatic nitrogens is 3. The summed E-state index contributed by atoms with van der Waals surface area (Å²) >= 11 is 5.24. The average Bonchev–Trinajstić information content (AvgIpc) is 3.22. The van der Waals surface area contributed by atoms with Gasteiger partial charge in [-0.05, 0) is 48.8 Å². The summed E-state index contributed by atoms with van der Waals surface area (Å²) in [5.41, 5.74) is 0.865. The number of nitrogens with one attached hydrogen (secondary N) is 1. The van der Waals surface area contributed by atoms with Gasteiger partial charge in [0.05, 0.1) is 20.4 Å². The van der Waals surface area contributed by atoms with Crippen LogP contribution in [-0.2, 0) is 4.74 Å². The van der Waals surface area contributed by atoms with E-state index in [-0.39, 0.29) is 6.10 Å². The number of rotatable bonds is 5. The molecule has 0 radical (unpaired) electrons. The van der Waals surface area contributed by atoms with Gasteiger partial charge in [-0.25, -0.2) is 0 Å². The first kappa shape index (κ1) is 15.7. The minimum Gasteiger partial charge on any atom is -0.493 e. The molecule has 1 aliphatic rings. The second-order valence-corrected chi connectivity index (χ2v) is 5.45. The van der Waals surface area contributed by atoms with Gasteiger partial charge in [0.1, 0.15) is 6.10 Å². The van der Waals surface area contributed by atoms with Crippen LogP contribution < -0.4 is 9.47 Å². The lowest BCUT2D eigenvalue weighted by atomic mass is 10.2. The van der Waals surface area contributed by atoms with Crippen molar-refractivity contribution < 1.29 is 14.2 Å². The zero-order chi connectivity index (χ0) is 16.2. The van der Waals surface area contributed by atoms with E-state index in [9.17, 15) is 0 Å². The Labute approximate surface area is 138 Å². The Morgan fingerprint density at radius 2 is 2.22 bits per heavy atom. The Morgan fingerprint density at radius 1 is 1.39 bits per heavy atom. The molecule has 1 aliphatic heterocycles. The third kappa shape index (κ3) is 3.27. The standard InChI is InChI=1S/C15H18N4O3S/c1-20-11-6-5-10(8-13(11)21-2)9-16-19-14(17-18-15(19)23)12-4-3-7-22-12/h5-6,8-9,12H,3-4,7H2,1-2H3,(H,18,23)/b16-9-/t12-/m1/s1. The van der Waals surface area contributed by atoms with Crippen LogP contribution in [0.25, 0.3) is 0 Å². The molecule has 0 amide bonds. The lowest BCUT2D eigenvalue weighted by Crippen LogP contribution is -2.05. The van der Waals surface area contributed by atoms with E-state index in [4.69, 9.17) is 26.4 Å². The van der Waals surface area contributed by atoms with Gasteiger partial charge in [0.2, 0.25) is 4.77 Å². The molecule has 7 nitrogen and oxygen atoms in total. The van der Waals surface area contributed by atoms with E-state index in [2.05, 4.69) is 15.3 Å². The molecule has 0 bridgehead atoms. The van der Waals surface area contributed by atoms with Crippen LogP contribution in [0.1, 0.15) is 30.3 Å². The predicted molar refractivity (Wildman–Crippen MR) is 87.9 cm³/mol. The Balaban J connectivity index is 1.88. The molecule has 0 saturated carbocycles. The van der Waals surface area contributed by atoms with Crippen LogP contribution in [0.15, 0.2) is 23.3 Å². The summed E-state index contributed by atoms with van der Waals surface area (Å²) in [6.45, 7) is 0.740. The van der Waals surface area contributed by atoms with Crippen molar-refractivity contribution in [3.63, 3.8) is 0 Å². The highest BCUT2D eigenvalue weighted by Crippen LogP contribution is 2.28. The summed E-state index contributed by atoms with van der Waals surface area (Å²) in [6.07, 6.45) is 3.58. The van der Waals surface area contributed by atoms with E-state index < -0.39 is 0 Å². The largest absolute Gasteiger partial charge is 0.493 e. The van der Waals surface area contributed by atoms with Crippen LogP contribution in [-0.4, -0.2) is 41.9 Å². The van der Waals surface area contributed by atoms with Crippen molar-refractivity contribution in [1.29, 1.82) is 0 Å². The molecule has 23 heavy (non-hydrogen) atoms. The van der Waals surface area contributed by atoms with Gasteiger partial charge in [-0.3, -0.25) is 5.10 Å². The molecule has 0 aliphatic carbocycles. The fourth-order valence-electron chi connectivity index (χ4n) is 2.46. The Kier molecular flexibility index (Phi) is 4.73. The SMILES string of the molecule is COc1ccc(/C=N\n2c([C@H]3CCCO3)n[nH]c2=S)cc1OC. The van der Waals surface area contributed by atoms with Crippen molar-refractivity contribution >= 4 is 18.4 Å². The molecule has 1 atom stereocenters. The Hall–Kier alpha value is -2.19. The second-order valence-electron chi connectivity index (χ2n) is 5.06. The van der Waals surface area contributed by atoms with E-state index >= 15 is 0 Å². The fourth-order valence-corrected chi connectivity index (χ4v) is 2.65. The van der Waals surface area contributed by atoms with E-state index in [0.29, 0.717) is 22.1 Å². The first-order chi connectivity index (χ1) is 11.2. The van der Waals surface area contributed by atoms with Crippen molar-refractivity contribution in [2.24, 2.45) is 5.10 Å². The average molecular weight is 334 g/mol. The molecule has 0 unspecified atom stereocenters. The molecule has 1 saturated heterocycles. The number of benzene rings is 1. The van der Waals surface area contributed by atoms with Crippen LogP contribution in [0.4, 0.5) is 0 Å². The summed E-state index contributed by atoms with van der Waals surface area (Å²) in [4.78, 5) is 0. The lowest BCUT2D eigenvalue weighted by Gasteiger charge is -2.08. The zero-order valence-corrected chi connectivity index (χ0v) is 13.8. The number of hydrogen-bond acceptors (Lipinski definition) is 6. The van der Waals surface area contributed by atoms with Crippen molar-refractivity contribution in [3.8, 4) is 11.5 Å². The maximum atomic E-state index is 5.65. The predicted octanol–water partition coefficient (Wildman–Crippen LogP) is 2.69. The molecule has 1 N–H and O–H groups in total. The molecular formula is C15H18N4O3S. The van der Waals surface area contributed by atoms with E-state index in [1.54, 1.807) is 25.1 Å². The summed E-state index contributed by atoms with van der Waals surface area (Å²) in [7, 11) is 3.20. The number of aromatic amines is 1. The third-order valence-electron chi connectivity index (χ3n) is 3.62. The van der Waals surface area contributed by atoms with E-state index in [0.717, 1.165) is 25.0 Å². The molecule has 1 fully saturated rings. The van der Waals surface area contributed by atoms with Gasteiger partial charge in [-0.2, -0.15) is 14.9 Å². The maximum Gasteiger partial charge on any atom is 0.216 e. The highest BCUT2D eigenvalue weighted by molar-refractivity contribution is 7.71. The van der Waals surface area contributed by atoms with Gasteiger partial charge in [0.15, 0.2) is 17.3 Å². The fraction of sp³-hybridized carbons (Fsp3) is 0.400. The van der Waals surface area contributed by atoms with Gasteiger partial charge in [0, 0.05) is 6.61 Å². The van der Waals surface area contributed by atoms with E-state index in [1.807, 2.05) is 18.2 Å². The second kappa shape index (κ2) is 6.93. The Morgan fingerprint density at radius 3 is 2.91 bits per heavy atom. The molecule has 8 heteroatoms. The van der Waals surface area contributed by atoms with Gasteiger partial charge >= 0.3 is 0 Å². The van der Waals surface area contributed by atoms with Crippen molar-refractivity contribution in [3.05, 3.63) is 34.4 Å². The van der Waals surface area contributed by atoms with E-state index in [1.165, 1.54) is 0 Å². The van der Waals surface area contributed by atoms with Crippen molar-refractivity contribution in [1.82, 2.24) is 14.9 Å². The van der Waals surface area contributed by atoms with Crippen molar-refractivity contribution in [2.45, 2.75) is 18.9 Å². The molecule has 1 aromatic heterocycles. The highest BCUT2D eigenvalue weighted by Gasteiger charge is 2.23. The molecule has 2 heterocycles. The summed E-state index contributed by atoms with van der Waals surface area (Å²) < 4.78 is 18.2. The maximum absolute atomic E-state index is 5.65. The van der Waals surface area contributed by atoms with Crippen LogP contribution >= 0.6 is 12.2 Å². The number of H-pyrrole nitrogens is 1. The number of nitrogens with zero attached hydrogens (tertiary/aromatic N) is 3.